The summed E-state index contributed by atoms with van der Waals surface area (Å²) in [6.45, 7) is 0.219. The van der Waals surface area contributed by atoms with E-state index >= 15 is 0 Å². The Labute approximate surface area is 180 Å². The van der Waals surface area contributed by atoms with Crippen LogP contribution in [-0.4, -0.2) is 58.7 Å². The summed E-state index contributed by atoms with van der Waals surface area (Å²) >= 11 is 2.51. The van der Waals surface area contributed by atoms with Crippen LogP contribution in [0.2, 0.25) is 0 Å². The number of carboxylic acids is 1. The Morgan fingerprint density at radius 1 is 1.27 bits per heavy atom. The number of thioether (sulfide) groups is 1. The fourth-order valence-corrected chi connectivity index (χ4v) is 4.97. The summed E-state index contributed by atoms with van der Waals surface area (Å²) in [5, 5.41) is 18.0. The predicted molar refractivity (Wildman–Crippen MR) is 112 cm³/mol. The zero-order chi connectivity index (χ0) is 21.3. The Morgan fingerprint density at radius 3 is 2.83 bits per heavy atom. The molecule has 3 amide bonds. The lowest BCUT2D eigenvalue weighted by atomic mass is 10.1. The van der Waals surface area contributed by atoms with Crippen molar-refractivity contribution in [3.63, 3.8) is 0 Å². The Balaban J connectivity index is 1.49. The lowest BCUT2D eigenvalue weighted by Gasteiger charge is -2.20. The van der Waals surface area contributed by atoms with Crippen molar-refractivity contribution in [2.24, 2.45) is 0 Å². The second-order valence-electron chi connectivity index (χ2n) is 7.07. The topological polar surface area (TPSA) is 119 Å². The first-order chi connectivity index (χ1) is 14.4. The normalized spacial score (nSPS) is 20.2. The molecule has 2 aliphatic heterocycles. The summed E-state index contributed by atoms with van der Waals surface area (Å²) in [5.41, 5.74) is 1.81. The molecule has 0 aliphatic carbocycles. The van der Waals surface area contributed by atoms with Crippen LogP contribution in [0.15, 0.2) is 35.7 Å². The molecule has 156 valence electrons. The zero-order valence-electron chi connectivity index (χ0n) is 15.8. The number of rotatable bonds is 6. The van der Waals surface area contributed by atoms with Gasteiger partial charge in [-0.25, -0.2) is 0 Å². The number of nitrogens with one attached hydrogen (secondary N) is 2. The molecule has 0 spiro atoms. The SMILES string of the molecule is O=C([O-])CSCC(=O)N[C@H]1C[C@H]2C(=O)Nc3ccc(-c4cccs4)cc3C(=O)N2C1. The van der Waals surface area contributed by atoms with Gasteiger partial charge in [0.25, 0.3) is 5.91 Å². The standard InChI is InChI=1S/C20H19N3O5S2/c24-17(9-29-10-18(25)26)21-12-7-15-19(27)22-14-4-3-11(16-2-1-5-30-16)6-13(14)20(28)23(15)8-12/h1-6,12,15H,7-10H2,(H,21,24)(H,22,27)(H,25,26)/p-1/t12-,15-/m0/s1. The van der Waals surface area contributed by atoms with Crippen LogP contribution in [-0.2, 0) is 14.4 Å². The third kappa shape index (κ3) is 4.19. The van der Waals surface area contributed by atoms with Crippen molar-refractivity contribution < 1.29 is 24.3 Å². The third-order valence-corrected chi connectivity index (χ3v) is 6.82. The van der Waals surface area contributed by atoms with Gasteiger partial charge in [-0.15, -0.1) is 23.1 Å². The smallest absolute Gasteiger partial charge is 0.256 e. The Hall–Kier alpha value is -2.85. The maximum Gasteiger partial charge on any atom is 0.256 e. The van der Waals surface area contributed by atoms with Gasteiger partial charge in [-0.05, 0) is 35.6 Å². The van der Waals surface area contributed by atoms with Crippen molar-refractivity contribution in [3.8, 4) is 10.4 Å². The summed E-state index contributed by atoms with van der Waals surface area (Å²) in [7, 11) is 0. The van der Waals surface area contributed by atoms with Crippen LogP contribution in [0.4, 0.5) is 5.69 Å². The summed E-state index contributed by atoms with van der Waals surface area (Å²) in [6.07, 6.45) is 0.306. The van der Waals surface area contributed by atoms with Crippen LogP contribution >= 0.6 is 23.1 Å². The largest absolute Gasteiger partial charge is 0.549 e. The highest BCUT2D eigenvalue weighted by molar-refractivity contribution is 8.00. The van der Waals surface area contributed by atoms with Gasteiger partial charge < -0.3 is 25.4 Å². The second kappa shape index (κ2) is 8.49. The molecule has 0 unspecified atom stereocenters. The van der Waals surface area contributed by atoms with Crippen molar-refractivity contribution >= 4 is 52.5 Å². The van der Waals surface area contributed by atoms with E-state index in [0.29, 0.717) is 17.7 Å². The van der Waals surface area contributed by atoms with Gasteiger partial charge in [0.1, 0.15) is 6.04 Å². The number of amides is 3. The number of aliphatic carboxylic acids is 1. The molecule has 8 nitrogen and oxygen atoms in total. The molecule has 1 aromatic heterocycles. The fourth-order valence-electron chi connectivity index (χ4n) is 3.71. The molecule has 3 heterocycles. The van der Waals surface area contributed by atoms with E-state index in [9.17, 15) is 24.3 Å². The van der Waals surface area contributed by atoms with E-state index in [4.69, 9.17) is 0 Å². The highest BCUT2D eigenvalue weighted by Gasteiger charge is 2.43. The van der Waals surface area contributed by atoms with Crippen LogP contribution in [0.1, 0.15) is 16.8 Å². The van der Waals surface area contributed by atoms with Gasteiger partial charge in [-0.1, -0.05) is 12.1 Å². The molecule has 10 heteroatoms. The number of carboxylic acid groups (broad SMARTS) is 1. The van der Waals surface area contributed by atoms with Gasteiger partial charge in [0.2, 0.25) is 11.8 Å². The lowest BCUT2D eigenvalue weighted by molar-refractivity contribution is -0.301. The highest BCUT2D eigenvalue weighted by atomic mass is 32.2. The summed E-state index contributed by atoms with van der Waals surface area (Å²) in [6, 6.07) is 8.27. The number of hydrogen-bond acceptors (Lipinski definition) is 7. The van der Waals surface area contributed by atoms with E-state index in [2.05, 4.69) is 10.6 Å². The average Bonchev–Trinajstić information content (AvgIpc) is 3.36. The van der Waals surface area contributed by atoms with Crippen LogP contribution in [0, 0.1) is 0 Å². The predicted octanol–water partition coefficient (Wildman–Crippen LogP) is 0.550. The Kier molecular flexibility index (Phi) is 5.78. The third-order valence-electron chi connectivity index (χ3n) is 5.00. The molecule has 0 saturated carbocycles. The maximum absolute atomic E-state index is 13.2. The molecular weight excluding hydrogens is 426 g/mol. The number of hydrogen-bond donors (Lipinski definition) is 2. The number of nitrogens with zero attached hydrogens (tertiary/aromatic N) is 1. The minimum absolute atomic E-state index is 0.0255. The number of carbonyl (C=O) groups excluding carboxylic acids is 4. The van der Waals surface area contributed by atoms with Crippen LogP contribution < -0.4 is 15.7 Å². The van der Waals surface area contributed by atoms with Crippen molar-refractivity contribution in [1.29, 1.82) is 0 Å². The highest BCUT2D eigenvalue weighted by Crippen LogP contribution is 2.33. The molecule has 2 N–H and O–H groups in total. The Morgan fingerprint density at radius 2 is 2.10 bits per heavy atom. The maximum atomic E-state index is 13.2. The first-order valence-electron chi connectivity index (χ1n) is 9.29. The number of benzene rings is 1. The quantitative estimate of drug-likeness (QED) is 0.672. The molecule has 0 radical (unpaired) electrons. The van der Waals surface area contributed by atoms with E-state index in [-0.39, 0.29) is 41.8 Å². The van der Waals surface area contributed by atoms with Gasteiger partial charge in [0.05, 0.1) is 23.0 Å². The van der Waals surface area contributed by atoms with Gasteiger partial charge in [-0.3, -0.25) is 14.4 Å². The molecule has 30 heavy (non-hydrogen) atoms. The van der Waals surface area contributed by atoms with E-state index in [0.717, 1.165) is 22.2 Å². The number of carbonyl (C=O) groups is 4. The molecule has 2 aromatic rings. The van der Waals surface area contributed by atoms with Crippen LogP contribution in [0.5, 0.6) is 0 Å². The first-order valence-corrected chi connectivity index (χ1v) is 11.3. The van der Waals surface area contributed by atoms with E-state index in [1.54, 1.807) is 23.5 Å². The van der Waals surface area contributed by atoms with Crippen molar-refractivity contribution in [2.75, 3.05) is 23.4 Å². The Bertz CT molecular complexity index is 1010. The van der Waals surface area contributed by atoms with Crippen molar-refractivity contribution in [2.45, 2.75) is 18.5 Å². The molecule has 4 rings (SSSR count). The second-order valence-corrected chi connectivity index (χ2v) is 9.00. The molecule has 1 saturated heterocycles. The van der Waals surface area contributed by atoms with E-state index < -0.39 is 12.0 Å². The zero-order valence-corrected chi connectivity index (χ0v) is 17.4. The molecule has 0 bridgehead atoms. The molecule has 2 atom stereocenters. The van der Waals surface area contributed by atoms with Crippen LogP contribution in [0.25, 0.3) is 10.4 Å². The van der Waals surface area contributed by atoms with Crippen molar-refractivity contribution in [3.05, 3.63) is 41.3 Å². The van der Waals surface area contributed by atoms with Gasteiger partial charge in [0, 0.05) is 23.2 Å². The molecule has 2 aliphatic rings. The molecular formula is C20H18N3O5S2-. The number of thiophene rings is 1. The lowest BCUT2D eigenvalue weighted by Crippen LogP contribution is -2.41. The van der Waals surface area contributed by atoms with E-state index in [1.165, 1.54) is 4.90 Å². The average molecular weight is 445 g/mol. The number of fused-ring (bicyclic) bond motifs is 2. The van der Waals surface area contributed by atoms with Crippen molar-refractivity contribution in [1.82, 2.24) is 10.2 Å². The molecule has 1 fully saturated rings. The first kappa shape index (κ1) is 20.4. The number of anilines is 1. The van der Waals surface area contributed by atoms with Gasteiger partial charge >= 0.3 is 0 Å². The van der Waals surface area contributed by atoms with E-state index in [1.807, 2.05) is 23.6 Å². The summed E-state index contributed by atoms with van der Waals surface area (Å²) in [5.74, 6) is -2.40. The fraction of sp³-hybridized carbons (Fsp3) is 0.300. The van der Waals surface area contributed by atoms with Crippen LogP contribution in [0.3, 0.4) is 0 Å². The minimum atomic E-state index is -1.23. The minimum Gasteiger partial charge on any atom is -0.549 e. The molecule has 1 aromatic carbocycles. The summed E-state index contributed by atoms with van der Waals surface area (Å²) in [4.78, 5) is 50.9. The monoisotopic (exact) mass is 444 g/mol. The van der Waals surface area contributed by atoms with Gasteiger partial charge in [0.15, 0.2) is 0 Å². The summed E-state index contributed by atoms with van der Waals surface area (Å²) < 4.78 is 0. The van der Waals surface area contributed by atoms with Gasteiger partial charge in [-0.2, -0.15) is 0 Å².